The van der Waals surface area contributed by atoms with E-state index >= 15 is 0 Å². The molecule has 0 atom stereocenters. The van der Waals surface area contributed by atoms with Crippen LogP contribution in [-0.4, -0.2) is 44.5 Å². The summed E-state index contributed by atoms with van der Waals surface area (Å²) in [6.45, 7) is 4.16. The molecule has 2 aromatic heterocycles. The maximum Gasteiger partial charge on any atom is 0.332 e. The number of nitriles is 1. The van der Waals surface area contributed by atoms with E-state index in [2.05, 4.69) is 23.1 Å². The molecule has 1 saturated carbocycles. The van der Waals surface area contributed by atoms with Gasteiger partial charge in [-0.3, -0.25) is 9.36 Å². The van der Waals surface area contributed by atoms with E-state index < -0.39 is 0 Å². The Morgan fingerprint density at radius 1 is 1.07 bits per heavy atom. The largest absolute Gasteiger partial charge is 0.464 e. The van der Waals surface area contributed by atoms with E-state index in [0.717, 1.165) is 60.1 Å². The molecule has 0 bridgehead atoms. The molecule has 0 amide bonds. The number of hydrogen-bond acceptors (Lipinski definition) is 7. The van der Waals surface area contributed by atoms with E-state index in [0.29, 0.717) is 30.8 Å². The summed E-state index contributed by atoms with van der Waals surface area (Å²) in [6.07, 6.45) is 6.52. The number of hydrogen-bond donors (Lipinski definition) is 0. The highest BCUT2D eigenvalue weighted by molar-refractivity contribution is 5.71. The maximum absolute atomic E-state index is 14.2. The Bertz CT molecular complexity index is 1610. The number of nitrogens with zero attached hydrogens (tertiary/aromatic N) is 5. The fraction of sp³-hybridized carbons (Fsp3) is 0.406. The smallest absolute Gasteiger partial charge is 0.332 e. The summed E-state index contributed by atoms with van der Waals surface area (Å²) in [5, 5.41) is 14.0. The van der Waals surface area contributed by atoms with Crippen molar-refractivity contribution in [3.63, 3.8) is 0 Å². The summed E-state index contributed by atoms with van der Waals surface area (Å²) in [5.41, 5.74) is 5.10. The highest BCUT2D eigenvalue weighted by Crippen LogP contribution is 2.31. The van der Waals surface area contributed by atoms with Crippen LogP contribution in [0.1, 0.15) is 74.4 Å². The molecule has 2 aromatic carbocycles. The average Bonchev–Trinajstić information content (AvgIpc) is 3.48. The van der Waals surface area contributed by atoms with Gasteiger partial charge in [0, 0.05) is 18.0 Å². The van der Waals surface area contributed by atoms with E-state index in [1.807, 2.05) is 57.6 Å². The SMILES string of the molecule is CCCc1c(Cc2ccc(-c3ccccc3C#N)cc2)c(=O)n(C2CCC(OCC(=O)OCC)CC2)c2ncnn12. The summed E-state index contributed by atoms with van der Waals surface area (Å²) in [5.74, 6) is 0.219. The molecule has 0 aliphatic heterocycles. The minimum absolute atomic E-state index is 0.0243. The predicted molar refractivity (Wildman–Crippen MR) is 155 cm³/mol. The van der Waals surface area contributed by atoms with Gasteiger partial charge in [-0.2, -0.15) is 15.3 Å². The third kappa shape index (κ3) is 6.08. The standard InChI is InChI=1S/C32H35N5O4/c1-3-7-29-28(18-22-10-12-23(13-11-22)27-9-6-5-8-24(27)19-33)31(39)36(32-34-21-35-37(29)32)25-14-16-26(17-15-25)41-20-30(38)40-4-2/h5-6,8-13,21,25-26H,3-4,7,14-18,20H2,1-2H3. The molecule has 9 heteroatoms. The second-order valence-electron chi connectivity index (χ2n) is 10.4. The first-order valence-electron chi connectivity index (χ1n) is 14.4. The van der Waals surface area contributed by atoms with Crippen molar-refractivity contribution in [3.8, 4) is 17.2 Å². The van der Waals surface area contributed by atoms with Crippen molar-refractivity contribution in [3.05, 3.63) is 87.6 Å². The van der Waals surface area contributed by atoms with Gasteiger partial charge in [-0.1, -0.05) is 55.8 Å². The molecule has 9 nitrogen and oxygen atoms in total. The van der Waals surface area contributed by atoms with Gasteiger partial charge in [0.15, 0.2) is 0 Å². The lowest BCUT2D eigenvalue weighted by atomic mass is 9.92. The average molecular weight is 554 g/mol. The van der Waals surface area contributed by atoms with E-state index in [4.69, 9.17) is 9.47 Å². The van der Waals surface area contributed by atoms with Crippen molar-refractivity contribution >= 4 is 11.7 Å². The quantitative estimate of drug-likeness (QED) is 0.253. The zero-order chi connectivity index (χ0) is 28.8. The number of rotatable bonds is 10. The van der Waals surface area contributed by atoms with Gasteiger partial charge in [0.2, 0.25) is 5.78 Å². The summed E-state index contributed by atoms with van der Waals surface area (Å²) >= 11 is 0. The molecule has 0 unspecified atom stereocenters. The number of ether oxygens (including phenoxy) is 2. The molecule has 0 saturated heterocycles. The minimum Gasteiger partial charge on any atom is -0.464 e. The van der Waals surface area contributed by atoms with Crippen LogP contribution in [0.3, 0.4) is 0 Å². The Morgan fingerprint density at radius 3 is 2.54 bits per heavy atom. The first-order valence-corrected chi connectivity index (χ1v) is 14.4. The number of fused-ring (bicyclic) bond motifs is 1. The molecule has 2 heterocycles. The number of aromatic nitrogens is 4. The van der Waals surface area contributed by atoms with Crippen molar-refractivity contribution in [2.75, 3.05) is 13.2 Å². The van der Waals surface area contributed by atoms with Gasteiger partial charge in [0.1, 0.15) is 12.9 Å². The van der Waals surface area contributed by atoms with E-state index in [1.54, 1.807) is 6.92 Å². The molecule has 1 aliphatic carbocycles. The highest BCUT2D eigenvalue weighted by atomic mass is 16.6. The second-order valence-corrected chi connectivity index (χ2v) is 10.4. The van der Waals surface area contributed by atoms with Crippen molar-refractivity contribution in [2.24, 2.45) is 0 Å². The molecule has 212 valence electrons. The van der Waals surface area contributed by atoms with Crippen LogP contribution in [0.2, 0.25) is 0 Å². The van der Waals surface area contributed by atoms with Gasteiger partial charge in [0.05, 0.1) is 30.0 Å². The fourth-order valence-corrected chi connectivity index (χ4v) is 5.78. The third-order valence-corrected chi connectivity index (χ3v) is 7.76. The van der Waals surface area contributed by atoms with E-state index in [1.165, 1.54) is 6.33 Å². The summed E-state index contributed by atoms with van der Waals surface area (Å²) in [7, 11) is 0. The van der Waals surface area contributed by atoms with Gasteiger partial charge in [-0.05, 0) is 61.8 Å². The number of esters is 1. The van der Waals surface area contributed by atoms with Crippen molar-refractivity contribution in [1.82, 2.24) is 19.2 Å². The zero-order valence-corrected chi connectivity index (χ0v) is 23.6. The lowest BCUT2D eigenvalue weighted by Gasteiger charge is -2.30. The first kappa shape index (κ1) is 28.2. The molecule has 0 spiro atoms. The van der Waals surface area contributed by atoms with Gasteiger partial charge < -0.3 is 9.47 Å². The topological polar surface area (TPSA) is 112 Å². The molecule has 1 fully saturated rings. The Kier molecular flexibility index (Phi) is 8.90. The molecule has 1 aliphatic rings. The molecule has 0 radical (unpaired) electrons. The summed E-state index contributed by atoms with van der Waals surface area (Å²) < 4.78 is 14.4. The van der Waals surface area contributed by atoms with Crippen LogP contribution >= 0.6 is 0 Å². The maximum atomic E-state index is 14.2. The minimum atomic E-state index is -0.352. The van der Waals surface area contributed by atoms with E-state index in [9.17, 15) is 14.9 Å². The van der Waals surface area contributed by atoms with Crippen molar-refractivity contribution < 1.29 is 14.3 Å². The lowest BCUT2D eigenvalue weighted by molar-refractivity contribution is -0.151. The Balaban J connectivity index is 1.42. The number of carbonyl (C=O) groups is 1. The van der Waals surface area contributed by atoms with Crippen LogP contribution < -0.4 is 5.56 Å². The van der Waals surface area contributed by atoms with Crippen LogP contribution in [0.25, 0.3) is 16.9 Å². The highest BCUT2D eigenvalue weighted by Gasteiger charge is 2.28. The van der Waals surface area contributed by atoms with Gasteiger partial charge in [-0.25, -0.2) is 9.31 Å². The third-order valence-electron chi connectivity index (χ3n) is 7.76. The summed E-state index contributed by atoms with van der Waals surface area (Å²) in [6, 6.07) is 17.9. The van der Waals surface area contributed by atoms with Gasteiger partial charge in [-0.15, -0.1) is 0 Å². The lowest BCUT2D eigenvalue weighted by Crippen LogP contribution is -2.35. The zero-order valence-electron chi connectivity index (χ0n) is 23.6. The van der Waals surface area contributed by atoms with Gasteiger partial charge >= 0.3 is 5.97 Å². The van der Waals surface area contributed by atoms with E-state index in [-0.39, 0.29) is 30.3 Å². The molecule has 0 N–H and O–H groups in total. The molecule has 4 aromatic rings. The van der Waals surface area contributed by atoms with Crippen molar-refractivity contribution in [1.29, 1.82) is 5.26 Å². The van der Waals surface area contributed by atoms with Crippen LogP contribution in [0.15, 0.2) is 59.7 Å². The Hall–Kier alpha value is -4.29. The normalized spacial score (nSPS) is 16.9. The Morgan fingerprint density at radius 2 is 1.83 bits per heavy atom. The van der Waals surface area contributed by atoms with Crippen LogP contribution in [-0.2, 0) is 27.1 Å². The van der Waals surface area contributed by atoms with Crippen molar-refractivity contribution in [2.45, 2.75) is 70.9 Å². The Labute approximate surface area is 239 Å². The second kappa shape index (κ2) is 12.9. The van der Waals surface area contributed by atoms with Crippen LogP contribution in [0, 0.1) is 11.3 Å². The first-order chi connectivity index (χ1) is 20.0. The van der Waals surface area contributed by atoms with Gasteiger partial charge in [0.25, 0.3) is 5.56 Å². The molecule has 41 heavy (non-hydrogen) atoms. The van der Waals surface area contributed by atoms with Crippen LogP contribution in [0.4, 0.5) is 0 Å². The number of aryl methyl sites for hydroxylation is 1. The number of carbonyl (C=O) groups excluding carboxylic acids is 1. The molecular formula is C32H35N5O4. The fourth-order valence-electron chi connectivity index (χ4n) is 5.78. The number of benzene rings is 2. The molecule has 5 rings (SSSR count). The van der Waals surface area contributed by atoms with Crippen LogP contribution in [0.5, 0.6) is 0 Å². The predicted octanol–water partition coefficient (Wildman–Crippen LogP) is 5.04. The monoisotopic (exact) mass is 553 g/mol. The molecular weight excluding hydrogens is 518 g/mol. The summed E-state index contributed by atoms with van der Waals surface area (Å²) in [4.78, 5) is 30.4.